The molecule has 0 saturated heterocycles. The smallest absolute Gasteiger partial charge is 0.233 e. The number of benzene rings is 1. The molecule has 1 amide bonds. The van der Waals surface area contributed by atoms with Gasteiger partial charge in [0.2, 0.25) is 11.1 Å². The Morgan fingerprint density at radius 1 is 1.39 bits per heavy atom. The lowest BCUT2D eigenvalue weighted by Gasteiger charge is -2.22. The number of hydrogen-bond donors (Lipinski definition) is 2. The van der Waals surface area contributed by atoms with Crippen LogP contribution < -0.4 is 11.2 Å². The quantitative estimate of drug-likeness (QED) is 0.652. The molecule has 0 spiro atoms. The van der Waals surface area contributed by atoms with E-state index in [0.717, 1.165) is 5.56 Å². The second kappa shape index (κ2) is 6.80. The highest BCUT2D eigenvalue weighted by molar-refractivity contribution is 8.00. The third-order valence-corrected chi connectivity index (χ3v) is 4.19. The van der Waals surface area contributed by atoms with Gasteiger partial charge in [0.15, 0.2) is 5.82 Å². The van der Waals surface area contributed by atoms with E-state index in [1.165, 1.54) is 16.4 Å². The standard InChI is InChI=1S/C15H20ClN5OS/c1-9(13(22)18-15(2,3)4)23-14-20-19-12(21(14)17)10-6-5-7-11(16)8-10/h5-9H,17H2,1-4H3,(H,18,22)/t9-/m1/s1. The molecule has 0 aliphatic heterocycles. The first-order valence-corrected chi connectivity index (χ1v) is 8.38. The molecule has 3 N–H and O–H groups in total. The SMILES string of the molecule is C[C@@H](Sc1nnc(-c2cccc(Cl)c2)n1N)C(=O)NC(C)(C)C. The van der Waals surface area contributed by atoms with Crippen LogP contribution in [0.25, 0.3) is 11.4 Å². The monoisotopic (exact) mass is 353 g/mol. The summed E-state index contributed by atoms with van der Waals surface area (Å²) in [5.41, 5.74) is 0.486. The summed E-state index contributed by atoms with van der Waals surface area (Å²) in [6, 6.07) is 7.21. The number of carbonyl (C=O) groups excluding carboxylic acids is 1. The Morgan fingerprint density at radius 2 is 2.09 bits per heavy atom. The summed E-state index contributed by atoms with van der Waals surface area (Å²) in [5, 5.41) is 11.8. The fraction of sp³-hybridized carbons (Fsp3) is 0.400. The summed E-state index contributed by atoms with van der Waals surface area (Å²) in [4.78, 5) is 12.1. The van der Waals surface area contributed by atoms with E-state index in [4.69, 9.17) is 17.4 Å². The van der Waals surface area contributed by atoms with Crippen molar-refractivity contribution in [2.75, 3.05) is 5.84 Å². The van der Waals surface area contributed by atoms with Crippen LogP contribution in [0, 0.1) is 0 Å². The van der Waals surface area contributed by atoms with E-state index >= 15 is 0 Å². The van der Waals surface area contributed by atoms with E-state index in [9.17, 15) is 4.79 Å². The van der Waals surface area contributed by atoms with Crippen molar-refractivity contribution in [3.05, 3.63) is 29.3 Å². The predicted octanol–water partition coefficient (Wildman–Crippen LogP) is 2.71. The molecule has 0 radical (unpaired) electrons. The van der Waals surface area contributed by atoms with Crippen molar-refractivity contribution >= 4 is 29.3 Å². The molecule has 1 atom stereocenters. The summed E-state index contributed by atoms with van der Waals surface area (Å²) in [6.07, 6.45) is 0. The van der Waals surface area contributed by atoms with Crippen LogP contribution in [0.15, 0.2) is 29.4 Å². The molecule has 23 heavy (non-hydrogen) atoms. The number of nitrogen functional groups attached to an aromatic ring is 1. The topological polar surface area (TPSA) is 85.8 Å². The molecule has 1 aromatic carbocycles. The molecule has 2 aromatic rings. The molecular formula is C15H20ClN5OS. The zero-order chi connectivity index (χ0) is 17.2. The Morgan fingerprint density at radius 3 is 2.70 bits per heavy atom. The van der Waals surface area contributed by atoms with Gasteiger partial charge in [-0.3, -0.25) is 4.79 Å². The number of halogens is 1. The number of thioether (sulfide) groups is 1. The molecule has 0 aliphatic carbocycles. The number of aromatic nitrogens is 3. The number of amides is 1. The molecule has 0 fully saturated rings. The second-order valence-corrected chi connectivity index (χ2v) is 7.93. The molecule has 0 saturated carbocycles. The third-order valence-electron chi connectivity index (χ3n) is 2.90. The van der Waals surface area contributed by atoms with E-state index in [0.29, 0.717) is 16.0 Å². The second-order valence-electron chi connectivity index (χ2n) is 6.19. The van der Waals surface area contributed by atoms with Crippen LogP contribution in [0.3, 0.4) is 0 Å². The number of rotatable bonds is 4. The lowest BCUT2D eigenvalue weighted by molar-refractivity contribution is -0.121. The average molecular weight is 354 g/mol. The van der Waals surface area contributed by atoms with Crippen molar-refractivity contribution in [3.8, 4) is 11.4 Å². The normalized spacial score (nSPS) is 12.9. The molecule has 0 aliphatic rings. The average Bonchev–Trinajstić information content (AvgIpc) is 2.78. The first-order chi connectivity index (χ1) is 10.7. The van der Waals surface area contributed by atoms with E-state index in [1.54, 1.807) is 19.1 Å². The fourth-order valence-corrected chi connectivity index (χ4v) is 2.83. The van der Waals surface area contributed by atoms with Crippen molar-refractivity contribution in [2.45, 2.75) is 43.6 Å². The maximum Gasteiger partial charge on any atom is 0.233 e. The van der Waals surface area contributed by atoms with Gasteiger partial charge in [0.05, 0.1) is 5.25 Å². The molecule has 124 valence electrons. The first-order valence-electron chi connectivity index (χ1n) is 7.12. The van der Waals surface area contributed by atoms with Crippen molar-refractivity contribution in [3.63, 3.8) is 0 Å². The highest BCUT2D eigenvalue weighted by Gasteiger charge is 2.23. The van der Waals surface area contributed by atoms with Gasteiger partial charge < -0.3 is 11.2 Å². The van der Waals surface area contributed by atoms with Crippen molar-refractivity contribution in [2.24, 2.45) is 0 Å². The summed E-state index contributed by atoms with van der Waals surface area (Å²) in [5.74, 6) is 6.48. The molecular weight excluding hydrogens is 334 g/mol. The zero-order valence-corrected chi connectivity index (χ0v) is 15.1. The van der Waals surface area contributed by atoms with Crippen LogP contribution in [0.1, 0.15) is 27.7 Å². The largest absolute Gasteiger partial charge is 0.351 e. The number of hydrogen-bond acceptors (Lipinski definition) is 5. The molecule has 6 nitrogen and oxygen atoms in total. The van der Waals surface area contributed by atoms with Crippen molar-refractivity contribution in [1.29, 1.82) is 0 Å². The Bertz CT molecular complexity index is 710. The minimum absolute atomic E-state index is 0.0743. The maximum absolute atomic E-state index is 12.1. The Balaban J connectivity index is 2.15. The van der Waals surface area contributed by atoms with Crippen LogP contribution in [-0.4, -0.2) is 31.6 Å². The molecule has 1 aromatic heterocycles. The van der Waals surface area contributed by atoms with Gasteiger partial charge in [-0.15, -0.1) is 10.2 Å². The van der Waals surface area contributed by atoms with E-state index in [-0.39, 0.29) is 16.7 Å². The van der Waals surface area contributed by atoms with Gasteiger partial charge in [-0.25, -0.2) is 4.68 Å². The minimum atomic E-state index is -0.340. The van der Waals surface area contributed by atoms with Gasteiger partial charge in [0.25, 0.3) is 0 Å². The van der Waals surface area contributed by atoms with Gasteiger partial charge in [0.1, 0.15) is 0 Å². The molecule has 0 unspecified atom stereocenters. The first kappa shape index (κ1) is 17.6. The van der Waals surface area contributed by atoms with Crippen molar-refractivity contribution < 1.29 is 4.79 Å². The van der Waals surface area contributed by atoms with Gasteiger partial charge in [-0.05, 0) is 39.8 Å². The summed E-state index contributed by atoms with van der Waals surface area (Å²) < 4.78 is 1.37. The van der Waals surface area contributed by atoms with Gasteiger partial charge in [0, 0.05) is 16.1 Å². The molecule has 1 heterocycles. The lowest BCUT2D eigenvalue weighted by atomic mass is 10.1. The molecule has 8 heteroatoms. The highest BCUT2D eigenvalue weighted by Crippen LogP contribution is 2.26. The molecule has 2 rings (SSSR count). The predicted molar refractivity (Wildman–Crippen MR) is 93.8 cm³/mol. The summed E-state index contributed by atoms with van der Waals surface area (Å²) in [6.45, 7) is 7.61. The van der Waals surface area contributed by atoms with E-state index in [1.807, 2.05) is 32.9 Å². The number of nitrogens with zero attached hydrogens (tertiary/aromatic N) is 3. The van der Waals surface area contributed by atoms with Crippen LogP contribution in [0.4, 0.5) is 0 Å². The summed E-state index contributed by atoms with van der Waals surface area (Å²) in [7, 11) is 0. The van der Waals surface area contributed by atoms with Gasteiger partial charge >= 0.3 is 0 Å². The maximum atomic E-state index is 12.1. The highest BCUT2D eigenvalue weighted by atomic mass is 35.5. The van der Waals surface area contributed by atoms with Crippen molar-refractivity contribution in [1.82, 2.24) is 20.2 Å². The van der Waals surface area contributed by atoms with E-state index < -0.39 is 0 Å². The van der Waals surface area contributed by atoms with Crippen LogP contribution in [0.2, 0.25) is 5.02 Å². The van der Waals surface area contributed by atoms with E-state index in [2.05, 4.69) is 15.5 Å². The third kappa shape index (κ3) is 4.62. The number of nitrogens with one attached hydrogen (secondary N) is 1. The van der Waals surface area contributed by atoms with Crippen LogP contribution in [0.5, 0.6) is 0 Å². The van der Waals surface area contributed by atoms with Crippen LogP contribution in [-0.2, 0) is 4.79 Å². The zero-order valence-electron chi connectivity index (χ0n) is 13.5. The van der Waals surface area contributed by atoms with Gasteiger partial charge in [-0.2, -0.15) is 0 Å². The number of nitrogens with two attached hydrogens (primary N) is 1. The Hall–Kier alpha value is -1.73. The minimum Gasteiger partial charge on any atom is -0.351 e. The molecule has 0 bridgehead atoms. The van der Waals surface area contributed by atoms with Crippen LogP contribution >= 0.6 is 23.4 Å². The van der Waals surface area contributed by atoms with Gasteiger partial charge in [-0.1, -0.05) is 35.5 Å². The lowest BCUT2D eigenvalue weighted by Crippen LogP contribution is -2.44. The Kier molecular flexibility index (Phi) is 5.21. The Labute approximate surface area is 144 Å². The fourth-order valence-electron chi connectivity index (χ4n) is 1.86. The number of carbonyl (C=O) groups is 1. The summed E-state index contributed by atoms with van der Waals surface area (Å²) >= 11 is 7.24.